The number of anilines is 3. The molecule has 0 saturated heterocycles. The van der Waals surface area contributed by atoms with E-state index in [-0.39, 0.29) is 17.1 Å². The van der Waals surface area contributed by atoms with Crippen molar-refractivity contribution in [3.05, 3.63) is 48.3 Å². The minimum absolute atomic E-state index is 0.119. The summed E-state index contributed by atoms with van der Waals surface area (Å²) in [5.41, 5.74) is 2.15. The second-order valence-electron chi connectivity index (χ2n) is 7.02. The standard InChI is InChI=1S/C19H22F2N4O3/c1-12(11-26)25(18(27)28-19(2,3)4)24-17-15(21)6-5-7-16(17)23-14-8-13(20)9-22-10-14/h5-12,23-24H,1-4H3/t12-/m0/s1. The number of aromatic nitrogens is 1. The molecular formula is C19H22F2N4O3. The molecule has 0 bridgehead atoms. The highest BCUT2D eigenvalue weighted by Crippen LogP contribution is 2.29. The number of nitrogens with one attached hydrogen (secondary N) is 2. The zero-order valence-electron chi connectivity index (χ0n) is 16.0. The van der Waals surface area contributed by atoms with Crippen LogP contribution in [-0.4, -0.2) is 34.0 Å². The van der Waals surface area contributed by atoms with Gasteiger partial charge in [-0.15, -0.1) is 0 Å². The fourth-order valence-electron chi connectivity index (χ4n) is 2.18. The molecule has 0 spiro atoms. The Balaban J connectivity index is 2.36. The summed E-state index contributed by atoms with van der Waals surface area (Å²) in [4.78, 5) is 27.4. The van der Waals surface area contributed by atoms with Gasteiger partial charge in [-0.1, -0.05) is 6.07 Å². The first-order valence-corrected chi connectivity index (χ1v) is 8.51. The molecule has 0 aliphatic heterocycles. The number of carbonyl (C=O) groups is 2. The molecule has 9 heteroatoms. The zero-order valence-corrected chi connectivity index (χ0v) is 16.0. The molecule has 1 aromatic carbocycles. The Morgan fingerprint density at radius 2 is 2.00 bits per heavy atom. The molecule has 1 aromatic heterocycles. The molecule has 150 valence electrons. The smallest absolute Gasteiger partial charge is 0.429 e. The number of carbonyl (C=O) groups excluding carboxylic acids is 2. The van der Waals surface area contributed by atoms with Gasteiger partial charge in [-0.05, 0) is 39.8 Å². The van der Waals surface area contributed by atoms with E-state index in [4.69, 9.17) is 4.74 Å². The topological polar surface area (TPSA) is 83.6 Å². The van der Waals surface area contributed by atoms with E-state index in [2.05, 4.69) is 15.7 Å². The van der Waals surface area contributed by atoms with E-state index in [1.54, 1.807) is 20.8 Å². The molecule has 1 heterocycles. The number of hydrogen-bond acceptors (Lipinski definition) is 6. The average Bonchev–Trinajstić information content (AvgIpc) is 2.59. The Morgan fingerprint density at radius 3 is 2.61 bits per heavy atom. The maximum Gasteiger partial charge on any atom is 0.429 e. The number of halogens is 2. The van der Waals surface area contributed by atoms with E-state index in [1.165, 1.54) is 37.4 Å². The van der Waals surface area contributed by atoms with Crippen LogP contribution in [0, 0.1) is 11.6 Å². The number of pyridine rings is 1. The van der Waals surface area contributed by atoms with Gasteiger partial charge in [0.05, 0.1) is 23.8 Å². The summed E-state index contributed by atoms with van der Waals surface area (Å²) in [6.45, 7) is 6.46. The molecule has 7 nitrogen and oxygen atoms in total. The van der Waals surface area contributed by atoms with Gasteiger partial charge in [0.2, 0.25) is 0 Å². The van der Waals surface area contributed by atoms with Gasteiger partial charge in [0.25, 0.3) is 0 Å². The van der Waals surface area contributed by atoms with Crippen LogP contribution in [0.1, 0.15) is 27.7 Å². The maximum atomic E-state index is 14.5. The van der Waals surface area contributed by atoms with E-state index in [0.29, 0.717) is 6.29 Å². The number of para-hydroxylation sites is 1. The number of aldehydes is 1. The Labute approximate surface area is 161 Å². The minimum atomic E-state index is -0.946. The van der Waals surface area contributed by atoms with Crippen molar-refractivity contribution in [1.82, 2.24) is 9.99 Å². The van der Waals surface area contributed by atoms with Crippen LogP contribution >= 0.6 is 0 Å². The van der Waals surface area contributed by atoms with Gasteiger partial charge in [-0.2, -0.15) is 0 Å². The van der Waals surface area contributed by atoms with Crippen LogP contribution in [-0.2, 0) is 9.53 Å². The summed E-state index contributed by atoms with van der Waals surface area (Å²) in [5, 5.41) is 3.71. The number of hydrazine groups is 1. The molecule has 28 heavy (non-hydrogen) atoms. The molecule has 1 amide bonds. The van der Waals surface area contributed by atoms with E-state index in [0.717, 1.165) is 11.2 Å². The van der Waals surface area contributed by atoms with Gasteiger partial charge < -0.3 is 14.8 Å². The number of nitrogens with zero attached hydrogens (tertiary/aromatic N) is 2. The lowest BCUT2D eigenvalue weighted by Gasteiger charge is -2.31. The van der Waals surface area contributed by atoms with Crippen molar-refractivity contribution in [2.75, 3.05) is 10.7 Å². The first-order valence-electron chi connectivity index (χ1n) is 8.51. The Kier molecular flexibility index (Phi) is 6.50. The largest absolute Gasteiger partial charge is 0.442 e. The van der Waals surface area contributed by atoms with Crippen LogP contribution in [0.25, 0.3) is 0 Å². The van der Waals surface area contributed by atoms with Gasteiger partial charge in [-0.3, -0.25) is 10.4 Å². The van der Waals surface area contributed by atoms with Crippen molar-refractivity contribution >= 4 is 29.4 Å². The Bertz CT molecular complexity index is 855. The summed E-state index contributed by atoms with van der Waals surface area (Å²) >= 11 is 0. The third-order valence-electron chi connectivity index (χ3n) is 3.42. The SMILES string of the molecule is C[C@@H](C=O)N(Nc1c(F)cccc1Nc1cncc(F)c1)C(=O)OC(C)(C)C. The minimum Gasteiger partial charge on any atom is -0.442 e. The van der Waals surface area contributed by atoms with Crippen LogP contribution in [0.15, 0.2) is 36.7 Å². The van der Waals surface area contributed by atoms with Crippen molar-refractivity contribution < 1.29 is 23.1 Å². The van der Waals surface area contributed by atoms with E-state index >= 15 is 0 Å². The molecule has 0 unspecified atom stereocenters. The van der Waals surface area contributed by atoms with E-state index in [9.17, 15) is 18.4 Å². The number of benzene rings is 1. The first kappa shape index (κ1) is 21.1. The second kappa shape index (κ2) is 8.64. The van der Waals surface area contributed by atoms with Crippen molar-refractivity contribution in [1.29, 1.82) is 0 Å². The van der Waals surface area contributed by atoms with Crippen molar-refractivity contribution in [3.63, 3.8) is 0 Å². The van der Waals surface area contributed by atoms with Crippen LogP contribution in [0.2, 0.25) is 0 Å². The number of amides is 1. The molecule has 2 N–H and O–H groups in total. The lowest BCUT2D eigenvalue weighted by molar-refractivity contribution is -0.111. The van der Waals surface area contributed by atoms with Crippen LogP contribution < -0.4 is 10.7 Å². The molecular weight excluding hydrogens is 370 g/mol. The van der Waals surface area contributed by atoms with E-state index in [1.807, 2.05) is 0 Å². The molecule has 0 aliphatic carbocycles. The molecule has 2 rings (SSSR count). The molecule has 0 aliphatic rings. The van der Waals surface area contributed by atoms with Crippen molar-refractivity contribution in [2.45, 2.75) is 39.3 Å². The lowest BCUT2D eigenvalue weighted by Crippen LogP contribution is -2.46. The van der Waals surface area contributed by atoms with Crippen molar-refractivity contribution in [3.8, 4) is 0 Å². The fourth-order valence-corrected chi connectivity index (χ4v) is 2.18. The highest BCUT2D eigenvalue weighted by molar-refractivity contribution is 5.79. The first-order chi connectivity index (χ1) is 13.1. The summed E-state index contributed by atoms with van der Waals surface area (Å²) in [6, 6.07) is 4.38. The third kappa shape index (κ3) is 5.63. The Hall–Kier alpha value is -3.23. The summed E-state index contributed by atoms with van der Waals surface area (Å²) in [7, 11) is 0. The molecule has 1 atom stereocenters. The predicted octanol–water partition coefficient (Wildman–Crippen LogP) is 4.25. The van der Waals surface area contributed by atoms with Gasteiger partial charge in [0.1, 0.15) is 35.3 Å². The number of hydrogen-bond donors (Lipinski definition) is 2. The normalized spacial score (nSPS) is 12.1. The number of rotatable bonds is 6. The second-order valence-corrected chi connectivity index (χ2v) is 7.02. The quantitative estimate of drug-likeness (QED) is 0.565. The molecule has 2 aromatic rings. The number of ether oxygens (including phenoxy) is 1. The highest BCUT2D eigenvalue weighted by Gasteiger charge is 2.27. The van der Waals surface area contributed by atoms with E-state index < -0.39 is 29.4 Å². The maximum absolute atomic E-state index is 14.5. The van der Waals surface area contributed by atoms with Crippen LogP contribution in [0.4, 0.5) is 30.6 Å². The fraction of sp³-hybridized carbons (Fsp3) is 0.316. The zero-order chi connectivity index (χ0) is 20.9. The molecule has 0 radical (unpaired) electrons. The monoisotopic (exact) mass is 392 g/mol. The highest BCUT2D eigenvalue weighted by atomic mass is 19.1. The van der Waals surface area contributed by atoms with Gasteiger partial charge in [0.15, 0.2) is 0 Å². The average molecular weight is 392 g/mol. The summed E-state index contributed by atoms with van der Waals surface area (Å²) in [6.07, 6.45) is 2.05. The third-order valence-corrected chi connectivity index (χ3v) is 3.42. The van der Waals surface area contributed by atoms with Gasteiger partial charge >= 0.3 is 6.09 Å². The summed E-state index contributed by atoms with van der Waals surface area (Å²) in [5.74, 6) is -1.26. The predicted molar refractivity (Wildman–Crippen MR) is 101 cm³/mol. The van der Waals surface area contributed by atoms with Gasteiger partial charge in [-0.25, -0.2) is 18.6 Å². The van der Waals surface area contributed by atoms with Crippen molar-refractivity contribution in [2.24, 2.45) is 0 Å². The summed E-state index contributed by atoms with van der Waals surface area (Å²) < 4.78 is 33.1. The molecule has 0 fully saturated rings. The van der Waals surface area contributed by atoms with Crippen LogP contribution in [0.5, 0.6) is 0 Å². The van der Waals surface area contributed by atoms with Crippen LogP contribution in [0.3, 0.4) is 0 Å². The Morgan fingerprint density at radius 1 is 1.29 bits per heavy atom. The lowest BCUT2D eigenvalue weighted by atomic mass is 10.2. The van der Waals surface area contributed by atoms with Gasteiger partial charge in [0, 0.05) is 6.07 Å². The molecule has 0 saturated carbocycles.